The molecule has 33 heavy (non-hydrogen) atoms. The van der Waals surface area contributed by atoms with Crippen molar-refractivity contribution in [2.24, 2.45) is 0 Å². The van der Waals surface area contributed by atoms with Gasteiger partial charge in [-0.05, 0) is 68.8 Å². The quantitative estimate of drug-likeness (QED) is 0.738. The lowest BCUT2D eigenvalue weighted by Gasteiger charge is -2.42. The second-order valence-corrected chi connectivity index (χ2v) is 11.0. The van der Waals surface area contributed by atoms with E-state index in [1.807, 2.05) is 43.6 Å². The topological polar surface area (TPSA) is 55.9 Å². The van der Waals surface area contributed by atoms with Gasteiger partial charge < -0.3 is 15.1 Å². The number of thiophene rings is 1. The molecule has 1 aromatic carbocycles. The van der Waals surface area contributed by atoms with Crippen LogP contribution in [0, 0.1) is 5.82 Å². The first-order valence-corrected chi connectivity index (χ1v) is 12.4. The van der Waals surface area contributed by atoms with Crippen molar-refractivity contribution in [1.82, 2.24) is 20.0 Å². The van der Waals surface area contributed by atoms with Crippen LogP contribution < -0.4 is 5.32 Å². The van der Waals surface area contributed by atoms with Gasteiger partial charge in [-0.2, -0.15) is 0 Å². The van der Waals surface area contributed by atoms with Crippen molar-refractivity contribution in [3.05, 3.63) is 57.5 Å². The van der Waals surface area contributed by atoms with E-state index in [2.05, 4.69) is 21.7 Å². The predicted molar refractivity (Wildman–Crippen MR) is 129 cm³/mol. The van der Waals surface area contributed by atoms with Gasteiger partial charge in [0, 0.05) is 42.6 Å². The fourth-order valence-corrected chi connectivity index (χ4v) is 5.66. The van der Waals surface area contributed by atoms with Gasteiger partial charge in [0.05, 0.1) is 12.6 Å². The summed E-state index contributed by atoms with van der Waals surface area (Å²) in [5.74, 6) is -0.211. The predicted octanol–water partition coefficient (Wildman–Crippen LogP) is 3.88. The summed E-state index contributed by atoms with van der Waals surface area (Å²) in [5.41, 5.74) is 1.74. The zero-order chi connectivity index (χ0) is 23.8. The van der Waals surface area contributed by atoms with E-state index >= 15 is 0 Å². The summed E-state index contributed by atoms with van der Waals surface area (Å²) < 4.78 is 14.0. The number of carbonyl (C=O) groups excluding carboxylic acids is 2. The van der Waals surface area contributed by atoms with Gasteiger partial charge in [0.15, 0.2) is 0 Å². The summed E-state index contributed by atoms with van der Waals surface area (Å²) in [4.78, 5) is 33.0. The van der Waals surface area contributed by atoms with Crippen LogP contribution >= 0.6 is 11.3 Å². The molecule has 0 unspecified atom stereocenters. The average molecular weight is 473 g/mol. The number of rotatable bonds is 3. The molecule has 0 aliphatic carbocycles. The molecule has 2 aliphatic heterocycles. The van der Waals surface area contributed by atoms with Gasteiger partial charge in [0.1, 0.15) is 5.82 Å². The summed E-state index contributed by atoms with van der Waals surface area (Å²) in [5, 5.41) is 5.09. The number of halogens is 1. The highest BCUT2D eigenvalue weighted by Gasteiger charge is 2.35. The van der Waals surface area contributed by atoms with Crippen molar-refractivity contribution in [2.75, 3.05) is 32.7 Å². The van der Waals surface area contributed by atoms with Crippen molar-refractivity contribution in [3.63, 3.8) is 0 Å². The largest absolute Gasteiger partial charge is 0.338 e. The Kier molecular flexibility index (Phi) is 6.77. The number of piperazine rings is 1. The Morgan fingerprint density at radius 3 is 2.67 bits per heavy atom. The van der Waals surface area contributed by atoms with Crippen molar-refractivity contribution in [3.8, 4) is 0 Å². The molecule has 6 nitrogen and oxygen atoms in total. The average Bonchev–Trinajstić information content (AvgIpc) is 3.20. The number of urea groups is 1. The third-order valence-electron chi connectivity index (χ3n) is 6.29. The van der Waals surface area contributed by atoms with Crippen LogP contribution in [0.3, 0.4) is 0 Å². The minimum absolute atomic E-state index is 0.0535. The first-order valence-electron chi connectivity index (χ1n) is 11.5. The second kappa shape index (κ2) is 9.43. The zero-order valence-corrected chi connectivity index (χ0v) is 20.6. The number of nitrogens with zero attached hydrogens (tertiary/aromatic N) is 3. The van der Waals surface area contributed by atoms with Gasteiger partial charge in [-0.1, -0.05) is 12.1 Å². The molecule has 1 fully saturated rings. The van der Waals surface area contributed by atoms with E-state index in [0.29, 0.717) is 19.6 Å². The maximum atomic E-state index is 14.0. The monoisotopic (exact) mass is 472 g/mol. The van der Waals surface area contributed by atoms with Crippen LogP contribution in [0.15, 0.2) is 35.7 Å². The second-order valence-electron chi connectivity index (χ2n) is 10.0. The Morgan fingerprint density at radius 2 is 1.97 bits per heavy atom. The van der Waals surface area contributed by atoms with Crippen LogP contribution in [-0.2, 0) is 11.2 Å². The Hall–Kier alpha value is -2.45. The molecule has 1 saturated heterocycles. The van der Waals surface area contributed by atoms with E-state index in [-0.39, 0.29) is 41.9 Å². The maximum absolute atomic E-state index is 14.0. The SMILES string of the molecule is C[C@@H]1CN(C(=O)CN2CCc3sccc3[C@@H]2c2cccc(F)c2)CCN1C(=O)NC(C)(C)C. The fourth-order valence-electron chi connectivity index (χ4n) is 4.76. The van der Waals surface area contributed by atoms with Crippen molar-refractivity contribution in [2.45, 2.75) is 51.7 Å². The number of amides is 3. The lowest BCUT2D eigenvalue weighted by molar-refractivity contribution is -0.135. The highest BCUT2D eigenvalue weighted by Crippen LogP contribution is 2.37. The van der Waals surface area contributed by atoms with E-state index in [1.54, 1.807) is 23.5 Å². The van der Waals surface area contributed by atoms with Crippen LogP contribution in [0.4, 0.5) is 9.18 Å². The maximum Gasteiger partial charge on any atom is 0.318 e. The highest BCUT2D eigenvalue weighted by atomic mass is 32.1. The molecule has 178 valence electrons. The van der Waals surface area contributed by atoms with Crippen LogP contribution in [0.5, 0.6) is 0 Å². The van der Waals surface area contributed by atoms with E-state index in [4.69, 9.17) is 0 Å². The normalized spacial score (nSPS) is 21.6. The molecule has 2 atom stereocenters. The minimum Gasteiger partial charge on any atom is -0.338 e. The highest BCUT2D eigenvalue weighted by molar-refractivity contribution is 7.10. The number of benzene rings is 1. The molecule has 1 N–H and O–H groups in total. The summed E-state index contributed by atoms with van der Waals surface area (Å²) in [6.07, 6.45) is 0.892. The molecule has 0 saturated carbocycles. The fraction of sp³-hybridized carbons (Fsp3) is 0.520. The first kappa shape index (κ1) is 23.7. The first-order chi connectivity index (χ1) is 15.6. The molecule has 3 amide bonds. The van der Waals surface area contributed by atoms with E-state index in [0.717, 1.165) is 18.5 Å². The number of hydrogen-bond donors (Lipinski definition) is 1. The minimum atomic E-state index is -0.301. The van der Waals surface area contributed by atoms with Gasteiger partial charge in [-0.25, -0.2) is 9.18 Å². The number of fused-ring (bicyclic) bond motifs is 1. The van der Waals surface area contributed by atoms with Crippen molar-refractivity contribution in [1.29, 1.82) is 0 Å². The Bertz CT molecular complexity index is 1020. The molecule has 2 aliphatic rings. The van der Waals surface area contributed by atoms with Gasteiger partial charge in [0.2, 0.25) is 5.91 Å². The molecule has 0 spiro atoms. The third kappa shape index (κ3) is 5.38. The Morgan fingerprint density at radius 1 is 1.18 bits per heavy atom. The smallest absolute Gasteiger partial charge is 0.318 e. The van der Waals surface area contributed by atoms with Gasteiger partial charge in [-0.15, -0.1) is 11.3 Å². The van der Waals surface area contributed by atoms with Crippen molar-refractivity contribution >= 4 is 23.3 Å². The van der Waals surface area contributed by atoms with Gasteiger partial charge in [0.25, 0.3) is 0 Å². The van der Waals surface area contributed by atoms with Crippen molar-refractivity contribution < 1.29 is 14.0 Å². The molecule has 3 heterocycles. The molecule has 2 aromatic rings. The summed E-state index contributed by atoms with van der Waals surface area (Å²) in [7, 11) is 0. The van der Waals surface area contributed by atoms with E-state index < -0.39 is 0 Å². The lowest BCUT2D eigenvalue weighted by atomic mass is 9.93. The number of carbonyl (C=O) groups is 2. The molecule has 0 radical (unpaired) electrons. The van der Waals surface area contributed by atoms with Gasteiger partial charge in [-0.3, -0.25) is 9.69 Å². The van der Waals surface area contributed by atoms with Crippen LogP contribution in [0.2, 0.25) is 0 Å². The molecular formula is C25H33FN4O2S. The zero-order valence-electron chi connectivity index (χ0n) is 19.8. The summed E-state index contributed by atoms with van der Waals surface area (Å²) in [6.45, 7) is 10.4. The number of nitrogens with one attached hydrogen (secondary N) is 1. The number of hydrogen-bond acceptors (Lipinski definition) is 4. The van der Waals surface area contributed by atoms with E-state index in [1.165, 1.54) is 16.5 Å². The molecule has 4 rings (SSSR count). The van der Waals surface area contributed by atoms with Crippen LogP contribution in [0.1, 0.15) is 49.7 Å². The summed E-state index contributed by atoms with van der Waals surface area (Å²) >= 11 is 1.72. The third-order valence-corrected chi connectivity index (χ3v) is 7.29. The van der Waals surface area contributed by atoms with Gasteiger partial charge >= 0.3 is 6.03 Å². The Labute approximate surface area is 199 Å². The molecule has 1 aromatic heterocycles. The molecule has 8 heteroatoms. The molecule has 0 bridgehead atoms. The Balaban J connectivity index is 1.45. The van der Waals surface area contributed by atoms with Crippen LogP contribution in [0.25, 0.3) is 0 Å². The lowest BCUT2D eigenvalue weighted by Crippen LogP contribution is -2.60. The van der Waals surface area contributed by atoms with E-state index in [9.17, 15) is 14.0 Å². The van der Waals surface area contributed by atoms with Crippen LogP contribution in [-0.4, -0.2) is 70.9 Å². The summed E-state index contributed by atoms with van der Waals surface area (Å²) in [6, 6.07) is 8.51. The molecular weight excluding hydrogens is 439 g/mol. The standard InChI is InChI=1S/C25H33FN4O2S/c1-17-15-28(11-12-30(17)24(32)27-25(2,3)4)22(31)16-29-10-8-21-20(9-13-33-21)23(29)18-6-5-7-19(26)14-18/h5-7,9,13-14,17,23H,8,10-12,15-16H2,1-4H3,(H,27,32)/t17-,23+/m1/s1.